The van der Waals surface area contributed by atoms with Crippen LogP contribution in [0.5, 0.6) is 0 Å². The highest BCUT2D eigenvalue weighted by molar-refractivity contribution is 7.89. The maximum atomic E-state index is 12.4. The van der Waals surface area contributed by atoms with Gasteiger partial charge in [0.15, 0.2) is 0 Å². The Bertz CT molecular complexity index is 645. The third kappa shape index (κ3) is 3.51. The molecular formula is C13H19N3O4S. The SMILES string of the molecule is CNc1cc([N+](=O)[O-])ccc1S(=O)(=O)NC1CCC(C)C1. The number of benzene rings is 1. The number of anilines is 1. The van der Waals surface area contributed by atoms with E-state index >= 15 is 0 Å². The topological polar surface area (TPSA) is 101 Å². The minimum absolute atomic E-state index is 0.0372. The van der Waals surface area contributed by atoms with Gasteiger partial charge in [0.25, 0.3) is 5.69 Å². The predicted molar refractivity (Wildman–Crippen MR) is 79.8 cm³/mol. The molecule has 0 heterocycles. The average Bonchev–Trinajstić information content (AvgIpc) is 2.82. The van der Waals surface area contributed by atoms with Gasteiger partial charge in [0, 0.05) is 25.2 Å². The highest BCUT2D eigenvalue weighted by Gasteiger charge is 2.28. The van der Waals surface area contributed by atoms with Crippen LogP contribution in [0.25, 0.3) is 0 Å². The van der Waals surface area contributed by atoms with Crippen molar-refractivity contribution in [2.75, 3.05) is 12.4 Å². The molecule has 1 aliphatic rings. The predicted octanol–water partition coefficient (Wildman–Crippen LogP) is 2.10. The molecule has 2 N–H and O–H groups in total. The van der Waals surface area contributed by atoms with Crippen molar-refractivity contribution in [2.24, 2.45) is 5.92 Å². The van der Waals surface area contributed by atoms with Gasteiger partial charge in [-0.2, -0.15) is 0 Å². The molecule has 2 atom stereocenters. The molecule has 8 heteroatoms. The zero-order valence-electron chi connectivity index (χ0n) is 12.0. The van der Waals surface area contributed by atoms with Crippen molar-refractivity contribution >= 4 is 21.4 Å². The highest BCUT2D eigenvalue weighted by atomic mass is 32.2. The van der Waals surface area contributed by atoms with Crippen molar-refractivity contribution in [3.63, 3.8) is 0 Å². The van der Waals surface area contributed by atoms with Crippen molar-refractivity contribution in [3.05, 3.63) is 28.3 Å². The van der Waals surface area contributed by atoms with E-state index in [2.05, 4.69) is 17.0 Å². The lowest BCUT2D eigenvalue weighted by Crippen LogP contribution is -2.33. The Balaban J connectivity index is 2.29. The second-order valence-corrected chi connectivity index (χ2v) is 7.11. The van der Waals surface area contributed by atoms with Crippen molar-refractivity contribution in [2.45, 2.75) is 37.1 Å². The molecule has 0 spiro atoms. The number of non-ortho nitro benzene ring substituents is 1. The van der Waals surface area contributed by atoms with Crippen LogP contribution in [0, 0.1) is 16.0 Å². The third-order valence-electron chi connectivity index (χ3n) is 3.75. The van der Waals surface area contributed by atoms with Gasteiger partial charge in [-0.25, -0.2) is 13.1 Å². The number of nitro benzene ring substituents is 1. The molecule has 0 saturated heterocycles. The van der Waals surface area contributed by atoms with Crippen LogP contribution in [-0.2, 0) is 10.0 Å². The zero-order valence-corrected chi connectivity index (χ0v) is 12.8. The van der Waals surface area contributed by atoms with Crippen molar-refractivity contribution in [1.82, 2.24) is 4.72 Å². The minimum atomic E-state index is -3.69. The molecule has 0 bridgehead atoms. The highest BCUT2D eigenvalue weighted by Crippen LogP contribution is 2.29. The summed E-state index contributed by atoms with van der Waals surface area (Å²) in [5, 5.41) is 13.5. The zero-order chi connectivity index (χ0) is 15.6. The monoisotopic (exact) mass is 313 g/mol. The molecule has 2 unspecified atom stereocenters. The molecule has 0 amide bonds. The van der Waals surface area contributed by atoms with Gasteiger partial charge in [-0.1, -0.05) is 6.92 Å². The first kappa shape index (κ1) is 15.7. The van der Waals surface area contributed by atoms with E-state index in [0.29, 0.717) is 5.92 Å². The molecular weight excluding hydrogens is 294 g/mol. The molecule has 1 fully saturated rings. The fraction of sp³-hybridized carbons (Fsp3) is 0.538. The lowest BCUT2D eigenvalue weighted by atomic mass is 10.1. The normalized spacial score (nSPS) is 22.2. The van der Waals surface area contributed by atoms with Gasteiger partial charge in [0.05, 0.1) is 10.6 Å². The van der Waals surface area contributed by atoms with E-state index in [0.717, 1.165) is 19.3 Å². The van der Waals surface area contributed by atoms with Crippen LogP contribution in [0.4, 0.5) is 11.4 Å². The van der Waals surface area contributed by atoms with Gasteiger partial charge in [-0.05, 0) is 31.2 Å². The molecule has 1 aromatic rings. The number of nitrogens with zero attached hydrogens (tertiary/aromatic N) is 1. The second kappa shape index (κ2) is 5.98. The van der Waals surface area contributed by atoms with Crippen LogP contribution in [-0.4, -0.2) is 26.4 Å². The fourth-order valence-electron chi connectivity index (χ4n) is 2.66. The van der Waals surface area contributed by atoms with Crippen LogP contribution in [0.15, 0.2) is 23.1 Å². The van der Waals surface area contributed by atoms with Crippen LogP contribution < -0.4 is 10.0 Å². The molecule has 1 aromatic carbocycles. The van der Waals surface area contributed by atoms with E-state index in [1.54, 1.807) is 0 Å². The van der Waals surface area contributed by atoms with Crippen LogP contribution in [0.1, 0.15) is 26.2 Å². The number of hydrogen-bond donors (Lipinski definition) is 2. The first-order valence-corrected chi connectivity index (χ1v) is 8.30. The van der Waals surface area contributed by atoms with Gasteiger partial charge in [-0.15, -0.1) is 0 Å². The van der Waals surface area contributed by atoms with Crippen molar-refractivity contribution < 1.29 is 13.3 Å². The van der Waals surface area contributed by atoms with E-state index in [4.69, 9.17) is 0 Å². The summed E-state index contributed by atoms with van der Waals surface area (Å²) in [4.78, 5) is 10.2. The summed E-state index contributed by atoms with van der Waals surface area (Å²) in [6.45, 7) is 2.10. The summed E-state index contributed by atoms with van der Waals surface area (Å²) >= 11 is 0. The van der Waals surface area contributed by atoms with E-state index in [-0.39, 0.29) is 22.3 Å². The van der Waals surface area contributed by atoms with E-state index in [9.17, 15) is 18.5 Å². The maximum absolute atomic E-state index is 12.4. The van der Waals surface area contributed by atoms with E-state index in [1.807, 2.05) is 0 Å². The Kier molecular flexibility index (Phi) is 4.48. The summed E-state index contributed by atoms with van der Waals surface area (Å²) in [6, 6.07) is 3.63. The molecule has 0 aromatic heterocycles. The van der Waals surface area contributed by atoms with Crippen LogP contribution >= 0.6 is 0 Å². The smallest absolute Gasteiger partial charge is 0.271 e. The molecule has 2 rings (SSSR count). The standard InChI is InChI=1S/C13H19N3O4S/c1-9-3-4-10(7-9)15-21(19,20)13-6-5-11(16(17)18)8-12(13)14-2/h5-6,8-10,14-15H,3-4,7H2,1-2H3. The van der Waals surface area contributed by atoms with Crippen LogP contribution in [0.2, 0.25) is 0 Å². The summed E-state index contributed by atoms with van der Waals surface area (Å²) in [5.74, 6) is 0.512. The van der Waals surface area contributed by atoms with Crippen molar-refractivity contribution in [1.29, 1.82) is 0 Å². The summed E-state index contributed by atoms with van der Waals surface area (Å²) in [5.41, 5.74) is 0.0792. The Morgan fingerprint density at radius 1 is 1.33 bits per heavy atom. The average molecular weight is 313 g/mol. The fourth-order valence-corrected chi connectivity index (χ4v) is 4.14. The van der Waals surface area contributed by atoms with E-state index < -0.39 is 14.9 Å². The molecule has 116 valence electrons. The molecule has 1 aliphatic carbocycles. The van der Waals surface area contributed by atoms with Crippen LogP contribution in [0.3, 0.4) is 0 Å². The number of nitrogens with one attached hydrogen (secondary N) is 2. The Labute approximate surface area is 123 Å². The lowest BCUT2D eigenvalue weighted by molar-refractivity contribution is -0.384. The van der Waals surface area contributed by atoms with Gasteiger partial charge in [-0.3, -0.25) is 10.1 Å². The molecule has 0 aliphatic heterocycles. The third-order valence-corrected chi connectivity index (χ3v) is 5.33. The summed E-state index contributed by atoms with van der Waals surface area (Å²) in [7, 11) is -2.15. The first-order chi connectivity index (χ1) is 9.83. The number of hydrogen-bond acceptors (Lipinski definition) is 5. The van der Waals surface area contributed by atoms with Crippen molar-refractivity contribution in [3.8, 4) is 0 Å². The summed E-state index contributed by atoms with van der Waals surface area (Å²) in [6.07, 6.45) is 2.65. The van der Waals surface area contributed by atoms with E-state index in [1.165, 1.54) is 25.2 Å². The Morgan fingerprint density at radius 2 is 2.05 bits per heavy atom. The molecule has 7 nitrogen and oxygen atoms in total. The maximum Gasteiger partial charge on any atom is 0.271 e. The lowest BCUT2D eigenvalue weighted by Gasteiger charge is -2.15. The first-order valence-electron chi connectivity index (χ1n) is 6.82. The van der Waals surface area contributed by atoms with Gasteiger partial charge in [0.1, 0.15) is 4.90 Å². The largest absolute Gasteiger partial charge is 0.387 e. The Hall–Kier alpha value is -1.67. The molecule has 0 radical (unpaired) electrons. The van der Waals surface area contributed by atoms with Gasteiger partial charge < -0.3 is 5.32 Å². The molecule has 21 heavy (non-hydrogen) atoms. The van der Waals surface area contributed by atoms with Gasteiger partial charge >= 0.3 is 0 Å². The number of sulfonamides is 1. The van der Waals surface area contributed by atoms with Gasteiger partial charge in [0.2, 0.25) is 10.0 Å². The number of nitro groups is 1. The molecule has 1 saturated carbocycles. The minimum Gasteiger partial charge on any atom is -0.387 e. The Morgan fingerprint density at radius 3 is 2.57 bits per heavy atom. The number of rotatable bonds is 5. The second-order valence-electron chi connectivity index (χ2n) is 5.42. The summed E-state index contributed by atoms with van der Waals surface area (Å²) < 4.78 is 27.6. The quantitative estimate of drug-likeness (QED) is 0.640.